The Morgan fingerprint density at radius 1 is 1.18 bits per heavy atom. The summed E-state index contributed by atoms with van der Waals surface area (Å²) in [5, 5.41) is 8.68. The second-order valence-corrected chi connectivity index (χ2v) is 9.64. The molecule has 6 rings (SSSR count). The summed E-state index contributed by atoms with van der Waals surface area (Å²) in [6, 6.07) is 8.80. The second-order valence-electron chi connectivity index (χ2n) is 9.20. The first kappa shape index (κ1) is 21.6. The van der Waals surface area contributed by atoms with Crippen molar-refractivity contribution in [1.82, 2.24) is 19.7 Å². The highest BCUT2D eigenvalue weighted by Crippen LogP contribution is 2.40. The van der Waals surface area contributed by atoms with Gasteiger partial charge in [0.15, 0.2) is 5.82 Å². The van der Waals surface area contributed by atoms with Crippen LogP contribution in [-0.4, -0.2) is 52.6 Å². The Bertz CT molecular complexity index is 1170. The fourth-order valence-electron chi connectivity index (χ4n) is 5.60. The zero-order valence-corrected chi connectivity index (χ0v) is 19.6. The van der Waals surface area contributed by atoms with Crippen molar-refractivity contribution >= 4 is 23.2 Å². The number of methoxy groups -OCH3 is 1. The van der Waals surface area contributed by atoms with Crippen molar-refractivity contribution in [3.05, 3.63) is 58.8 Å². The van der Waals surface area contributed by atoms with Crippen LogP contribution in [0.5, 0.6) is 5.88 Å². The van der Waals surface area contributed by atoms with Crippen LogP contribution in [0.1, 0.15) is 30.3 Å². The molecule has 1 aromatic carbocycles. The molecular weight excluding hydrogens is 459 g/mol. The van der Waals surface area contributed by atoms with E-state index in [1.807, 2.05) is 16.8 Å². The van der Waals surface area contributed by atoms with Gasteiger partial charge in [-0.1, -0.05) is 11.6 Å². The van der Waals surface area contributed by atoms with E-state index in [1.54, 1.807) is 19.4 Å². The van der Waals surface area contributed by atoms with Crippen LogP contribution in [-0.2, 0) is 11.3 Å². The molecule has 2 aromatic heterocycles. The lowest BCUT2D eigenvalue weighted by molar-refractivity contribution is 0.0388. The lowest BCUT2D eigenvalue weighted by Crippen LogP contribution is -2.48. The lowest BCUT2D eigenvalue weighted by atomic mass is 9.92. The second kappa shape index (κ2) is 8.70. The van der Waals surface area contributed by atoms with Crippen LogP contribution in [0.2, 0.25) is 5.02 Å². The van der Waals surface area contributed by atoms with Gasteiger partial charge in [-0.3, -0.25) is 0 Å². The molecule has 178 valence electrons. The van der Waals surface area contributed by atoms with Gasteiger partial charge in [-0.05, 0) is 54.5 Å². The van der Waals surface area contributed by atoms with E-state index in [0.29, 0.717) is 59.3 Å². The summed E-state index contributed by atoms with van der Waals surface area (Å²) >= 11 is 6.08. The number of aromatic nitrogens is 4. The van der Waals surface area contributed by atoms with Gasteiger partial charge in [0.1, 0.15) is 11.9 Å². The number of rotatable bonds is 5. The molecule has 4 heterocycles. The van der Waals surface area contributed by atoms with Gasteiger partial charge in [0.2, 0.25) is 11.8 Å². The minimum absolute atomic E-state index is 0.312. The maximum Gasteiger partial charge on any atom is 0.242 e. The smallest absolute Gasteiger partial charge is 0.242 e. The molecule has 2 aliphatic heterocycles. The number of nitrogens with one attached hydrogen (secondary N) is 1. The number of anilines is 2. The normalized spacial score (nSPS) is 25.8. The van der Waals surface area contributed by atoms with E-state index in [2.05, 4.69) is 15.2 Å². The predicted octanol–water partition coefficient (Wildman–Crippen LogP) is 3.92. The Morgan fingerprint density at radius 3 is 2.76 bits per heavy atom. The average Bonchev–Trinajstić information content (AvgIpc) is 3.34. The fourth-order valence-corrected chi connectivity index (χ4v) is 5.83. The quantitative estimate of drug-likeness (QED) is 0.588. The molecule has 1 saturated heterocycles. The van der Waals surface area contributed by atoms with Gasteiger partial charge in [-0.15, -0.1) is 5.10 Å². The van der Waals surface area contributed by atoms with E-state index in [1.165, 1.54) is 25.0 Å². The number of hydrogen-bond acceptors (Lipinski definition) is 7. The van der Waals surface area contributed by atoms with Gasteiger partial charge in [-0.2, -0.15) is 4.98 Å². The zero-order valence-electron chi connectivity index (χ0n) is 18.8. The highest BCUT2D eigenvalue weighted by atomic mass is 35.5. The Labute approximate surface area is 202 Å². The standard InChI is InChI=1S/C24H26ClFN6O2/c1-33-20-11-19(4-5-27-20)31-12-14-2-3-15(13-31)21(14)28-24-29-23-22(34-7-6-32(23)30-24)16-8-17(25)10-18(26)9-16/h4-5,8-11,14-15,21-22H,2-3,6-7,12-13H2,1H3,(H,28,30)/t14-,15+,21?,22-/m1/s1. The monoisotopic (exact) mass is 484 g/mol. The van der Waals surface area contributed by atoms with Gasteiger partial charge in [0, 0.05) is 42.1 Å². The molecule has 1 saturated carbocycles. The number of benzene rings is 1. The maximum atomic E-state index is 14.0. The molecule has 1 aliphatic carbocycles. The number of halogens is 2. The highest BCUT2D eigenvalue weighted by molar-refractivity contribution is 6.30. The summed E-state index contributed by atoms with van der Waals surface area (Å²) in [5.41, 5.74) is 1.79. The van der Waals surface area contributed by atoms with Crippen LogP contribution in [0, 0.1) is 17.7 Å². The molecule has 34 heavy (non-hydrogen) atoms. The molecule has 4 atom stereocenters. The van der Waals surface area contributed by atoms with Crippen LogP contribution in [0.25, 0.3) is 0 Å². The van der Waals surface area contributed by atoms with Crippen molar-refractivity contribution in [2.75, 3.05) is 37.0 Å². The van der Waals surface area contributed by atoms with Crippen LogP contribution in [0.3, 0.4) is 0 Å². The molecule has 0 spiro atoms. The first-order valence-electron chi connectivity index (χ1n) is 11.6. The molecule has 0 radical (unpaired) electrons. The molecule has 3 aliphatic rings. The van der Waals surface area contributed by atoms with E-state index in [4.69, 9.17) is 31.2 Å². The summed E-state index contributed by atoms with van der Waals surface area (Å²) in [7, 11) is 1.64. The van der Waals surface area contributed by atoms with Crippen LogP contribution >= 0.6 is 11.6 Å². The van der Waals surface area contributed by atoms with E-state index in [-0.39, 0.29) is 0 Å². The van der Waals surface area contributed by atoms with Crippen molar-refractivity contribution in [2.24, 2.45) is 11.8 Å². The van der Waals surface area contributed by atoms with Gasteiger partial charge < -0.3 is 19.7 Å². The summed E-state index contributed by atoms with van der Waals surface area (Å²) < 4.78 is 27.1. The van der Waals surface area contributed by atoms with E-state index >= 15 is 0 Å². The third kappa shape index (κ3) is 3.96. The zero-order chi connectivity index (χ0) is 23.2. The van der Waals surface area contributed by atoms with Crippen LogP contribution in [0.4, 0.5) is 16.0 Å². The summed E-state index contributed by atoms with van der Waals surface area (Å²) in [6.07, 6.45) is 3.64. The Balaban J connectivity index is 1.20. The molecule has 3 aromatic rings. The van der Waals surface area contributed by atoms with Gasteiger partial charge in [0.05, 0.1) is 20.3 Å². The number of nitrogens with zero attached hydrogens (tertiary/aromatic N) is 5. The minimum atomic E-state index is -0.495. The number of ether oxygens (including phenoxy) is 2. The van der Waals surface area contributed by atoms with Gasteiger partial charge >= 0.3 is 0 Å². The highest BCUT2D eigenvalue weighted by Gasteiger charge is 2.43. The third-order valence-corrected chi connectivity index (χ3v) is 7.35. The topological polar surface area (TPSA) is 77.3 Å². The first-order valence-corrected chi connectivity index (χ1v) is 12.0. The Hall–Kier alpha value is -2.91. The van der Waals surface area contributed by atoms with E-state index < -0.39 is 11.9 Å². The van der Waals surface area contributed by atoms with Gasteiger partial charge in [0.25, 0.3) is 0 Å². The summed E-state index contributed by atoms with van der Waals surface area (Å²) in [4.78, 5) is 11.4. The van der Waals surface area contributed by atoms with Crippen LogP contribution in [0.15, 0.2) is 36.5 Å². The summed E-state index contributed by atoms with van der Waals surface area (Å²) in [5.74, 6) is 2.50. The molecule has 10 heteroatoms. The Kier molecular flexibility index (Phi) is 5.53. The maximum absolute atomic E-state index is 14.0. The van der Waals surface area contributed by atoms with Gasteiger partial charge in [-0.25, -0.2) is 14.1 Å². The van der Waals surface area contributed by atoms with Crippen molar-refractivity contribution in [3.63, 3.8) is 0 Å². The van der Waals surface area contributed by atoms with Crippen molar-refractivity contribution in [2.45, 2.75) is 31.5 Å². The summed E-state index contributed by atoms with van der Waals surface area (Å²) in [6.45, 7) is 3.01. The minimum Gasteiger partial charge on any atom is -0.481 e. The number of pyridine rings is 1. The molecule has 8 nitrogen and oxygen atoms in total. The van der Waals surface area contributed by atoms with Crippen LogP contribution < -0.4 is 15.0 Å². The molecule has 1 unspecified atom stereocenters. The lowest BCUT2D eigenvalue weighted by Gasteiger charge is -2.39. The third-order valence-electron chi connectivity index (χ3n) is 7.13. The molecular formula is C24H26ClFN6O2. The SMILES string of the molecule is COc1cc(N2C[C@H]3CC[C@@H](C2)C3Nc2nc3n(n2)CCO[C@@H]3c2cc(F)cc(Cl)c2)ccn1. The van der Waals surface area contributed by atoms with E-state index in [0.717, 1.165) is 18.8 Å². The molecule has 2 bridgehead atoms. The largest absolute Gasteiger partial charge is 0.481 e. The fraction of sp³-hybridized carbons (Fsp3) is 0.458. The van der Waals surface area contributed by atoms with Crippen molar-refractivity contribution < 1.29 is 13.9 Å². The average molecular weight is 485 g/mol. The predicted molar refractivity (Wildman–Crippen MR) is 126 cm³/mol. The number of hydrogen-bond donors (Lipinski definition) is 1. The number of fused-ring (bicyclic) bond motifs is 3. The van der Waals surface area contributed by atoms with Crippen molar-refractivity contribution in [3.8, 4) is 5.88 Å². The number of piperidine rings is 1. The molecule has 1 N–H and O–H groups in total. The molecule has 0 amide bonds. The molecule has 2 fully saturated rings. The Morgan fingerprint density at radius 2 is 2.00 bits per heavy atom. The van der Waals surface area contributed by atoms with E-state index in [9.17, 15) is 4.39 Å². The first-order chi connectivity index (χ1) is 16.6. The van der Waals surface area contributed by atoms with Crippen molar-refractivity contribution in [1.29, 1.82) is 0 Å².